The van der Waals surface area contributed by atoms with Gasteiger partial charge in [0.15, 0.2) is 0 Å². The molecule has 0 aromatic carbocycles. The van der Waals surface area contributed by atoms with E-state index < -0.39 is 0 Å². The molecule has 0 aliphatic heterocycles. The molecular formula is C8H18BNO. The number of nitrogens with one attached hydrogen (secondary N) is 1. The van der Waals surface area contributed by atoms with Gasteiger partial charge in [-0.3, -0.25) is 4.79 Å². The molecule has 0 rings (SSSR count). The maximum atomic E-state index is 10.2. The van der Waals surface area contributed by atoms with Crippen molar-refractivity contribution in [2.75, 3.05) is 0 Å². The lowest BCUT2D eigenvalue weighted by Gasteiger charge is -2.31. The van der Waals surface area contributed by atoms with E-state index in [0.717, 1.165) is 12.8 Å². The van der Waals surface area contributed by atoms with Crippen LogP contribution >= 0.6 is 0 Å². The minimum Gasteiger partial charge on any atom is -0.354 e. The van der Waals surface area contributed by atoms with Crippen molar-refractivity contribution in [2.45, 2.75) is 45.0 Å². The van der Waals surface area contributed by atoms with E-state index in [4.69, 9.17) is 0 Å². The maximum absolute atomic E-state index is 10.2. The Morgan fingerprint density at radius 3 is 2.09 bits per heavy atom. The minimum absolute atomic E-state index is 0.0833. The Bertz CT molecular complexity index is 138. The Labute approximate surface area is 70.2 Å². The quantitative estimate of drug-likeness (QED) is 0.470. The molecule has 0 aromatic heterocycles. The van der Waals surface area contributed by atoms with Crippen molar-refractivity contribution in [3.05, 3.63) is 0 Å². The molecule has 2 nitrogen and oxygen atoms in total. The van der Waals surface area contributed by atoms with Crippen LogP contribution in [0, 0.1) is 0 Å². The summed E-state index contributed by atoms with van der Waals surface area (Å²) in [4.78, 5) is 10.2. The second kappa shape index (κ2) is 3.29. The zero-order chi connectivity index (χ0) is 9.12. The van der Waals surface area contributed by atoms with E-state index >= 15 is 0 Å². The summed E-state index contributed by atoms with van der Waals surface area (Å²) in [5.41, 5.74) is -0.0833. The van der Waals surface area contributed by atoms with Gasteiger partial charge in [-0.25, -0.2) is 0 Å². The molecule has 0 bridgehead atoms. The van der Waals surface area contributed by atoms with Gasteiger partial charge in [-0.2, -0.15) is 0 Å². The van der Waals surface area contributed by atoms with Crippen LogP contribution in [0.2, 0.25) is 5.31 Å². The molecule has 3 heteroatoms. The summed E-state index contributed by atoms with van der Waals surface area (Å²) >= 11 is 0. The third kappa shape index (κ3) is 5.95. The van der Waals surface area contributed by atoms with E-state index in [9.17, 15) is 4.79 Å². The average molecular weight is 155 g/mol. The highest BCUT2D eigenvalue weighted by atomic mass is 16.1. The zero-order valence-corrected chi connectivity index (χ0v) is 8.19. The molecule has 0 aliphatic carbocycles. The Morgan fingerprint density at radius 2 is 1.82 bits per heavy atom. The number of amides is 1. The van der Waals surface area contributed by atoms with Gasteiger partial charge < -0.3 is 5.32 Å². The fourth-order valence-corrected chi connectivity index (χ4v) is 1.54. The van der Waals surface area contributed by atoms with E-state index in [-0.39, 0.29) is 10.9 Å². The highest BCUT2D eigenvalue weighted by Crippen LogP contribution is 2.30. The van der Waals surface area contributed by atoms with Crippen LogP contribution in [0.15, 0.2) is 0 Å². The van der Waals surface area contributed by atoms with Crippen molar-refractivity contribution in [2.24, 2.45) is 0 Å². The van der Waals surface area contributed by atoms with Gasteiger partial charge in [-0.05, 0) is 20.3 Å². The monoisotopic (exact) mass is 155 g/mol. The van der Waals surface area contributed by atoms with Crippen LogP contribution < -0.4 is 5.32 Å². The van der Waals surface area contributed by atoms with Crippen molar-refractivity contribution >= 4 is 14.3 Å². The summed E-state index contributed by atoms with van der Waals surface area (Å²) < 4.78 is 0. The lowest BCUT2D eigenvalue weighted by molar-refractivity contribution is -0.111. The van der Waals surface area contributed by atoms with Gasteiger partial charge in [0.1, 0.15) is 7.85 Å². The molecule has 0 atom stereocenters. The molecular weight excluding hydrogens is 137 g/mol. The van der Waals surface area contributed by atoms with Gasteiger partial charge in [0.25, 0.3) is 0 Å². The fourth-order valence-electron chi connectivity index (χ4n) is 1.54. The molecule has 0 saturated heterocycles. The fraction of sp³-hybridized carbons (Fsp3) is 0.875. The molecule has 0 unspecified atom stereocenters. The second-order valence-corrected chi connectivity index (χ2v) is 4.88. The first-order valence-corrected chi connectivity index (χ1v) is 3.98. The molecule has 1 amide bonds. The topological polar surface area (TPSA) is 29.1 Å². The summed E-state index contributed by atoms with van der Waals surface area (Å²) in [5.74, 6) is 0. The summed E-state index contributed by atoms with van der Waals surface area (Å²) in [6.07, 6.45) is 1.75. The van der Waals surface area contributed by atoms with E-state index in [1.54, 1.807) is 0 Å². The van der Waals surface area contributed by atoms with Crippen LogP contribution in [0.4, 0.5) is 0 Å². The molecule has 1 N–H and O–H groups in total. The lowest BCUT2D eigenvalue weighted by atomic mass is 9.66. The molecule has 0 aliphatic rings. The van der Waals surface area contributed by atoms with Crippen LogP contribution in [0.5, 0.6) is 0 Å². The Morgan fingerprint density at radius 1 is 1.36 bits per heavy atom. The van der Waals surface area contributed by atoms with E-state index in [2.05, 4.69) is 27.0 Å². The predicted molar refractivity (Wildman–Crippen MR) is 50.5 cm³/mol. The molecule has 64 valence electrons. The van der Waals surface area contributed by atoms with Crippen LogP contribution in [0.3, 0.4) is 0 Å². The van der Waals surface area contributed by atoms with Crippen LogP contribution in [-0.4, -0.2) is 19.8 Å². The highest BCUT2D eigenvalue weighted by molar-refractivity contribution is 6.14. The summed E-state index contributed by atoms with van der Waals surface area (Å²) in [7, 11) is 2.17. The van der Waals surface area contributed by atoms with E-state index in [0.29, 0.717) is 0 Å². The highest BCUT2D eigenvalue weighted by Gasteiger charge is 2.24. The van der Waals surface area contributed by atoms with Crippen LogP contribution in [0.25, 0.3) is 0 Å². The Kier molecular flexibility index (Phi) is 3.15. The van der Waals surface area contributed by atoms with Gasteiger partial charge in [0.05, 0.1) is 0 Å². The summed E-state index contributed by atoms with van der Waals surface area (Å²) in [6, 6.07) is 0. The lowest BCUT2D eigenvalue weighted by Crippen LogP contribution is -2.40. The molecule has 0 aromatic rings. The van der Waals surface area contributed by atoms with Gasteiger partial charge in [0.2, 0.25) is 6.41 Å². The van der Waals surface area contributed by atoms with Crippen LogP contribution in [0.1, 0.15) is 34.1 Å². The summed E-state index contributed by atoms with van der Waals surface area (Å²) in [6.45, 7) is 8.40. The number of rotatable bonds is 4. The molecule has 0 spiro atoms. The first-order valence-electron chi connectivity index (χ1n) is 3.98. The minimum atomic E-state index is -0.0833. The molecule has 11 heavy (non-hydrogen) atoms. The van der Waals surface area contributed by atoms with Gasteiger partial charge in [-0.1, -0.05) is 19.2 Å². The van der Waals surface area contributed by atoms with Crippen molar-refractivity contribution in [3.63, 3.8) is 0 Å². The number of hydrogen-bond donors (Lipinski definition) is 1. The smallest absolute Gasteiger partial charge is 0.207 e. The SMILES string of the molecule is BC(C)(C)CC(C)(C)NC=O. The van der Waals surface area contributed by atoms with E-state index in [1.807, 2.05) is 13.8 Å². The van der Waals surface area contributed by atoms with Crippen LogP contribution in [-0.2, 0) is 4.79 Å². The second-order valence-electron chi connectivity index (χ2n) is 4.88. The van der Waals surface area contributed by atoms with Gasteiger partial charge in [-0.15, -0.1) is 0 Å². The number of carbonyl (C=O) groups is 1. The van der Waals surface area contributed by atoms with Crippen molar-refractivity contribution in [3.8, 4) is 0 Å². The van der Waals surface area contributed by atoms with E-state index in [1.165, 1.54) is 0 Å². The summed E-state index contributed by atoms with van der Waals surface area (Å²) in [5, 5.41) is 3.06. The maximum Gasteiger partial charge on any atom is 0.207 e. The van der Waals surface area contributed by atoms with Gasteiger partial charge >= 0.3 is 0 Å². The standard InChI is InChI=1S/C8H18BNO/c1-7(2,9)5-8(3,4)10-6-11/h6H,5,9H2,1-4H3,(H,10,11). The molecule has 0 saturated carbocycles. The Hall–Kier alpha value is -0.465. The first kappa shape index (κ1) is 10.5. The van der Waals surface area contributed by atoms with Crippen molar-refractivity contribution < 1.29 is 4.79 Å². The largest absolute Gasteiger partial charge is 0.354 e. The number of carbonyl (C=O) groups excluding carboxylic acids is 1. The van der Waals surface area contributed by atoms with Crippen molar-refractivity contribution in [1.82, 2.24) is 5.32 Å². The Balaban J connectivity index is 4.00. The average Bonchev–Trinajstić information content (AvgIpc) is 1.55. The van der Waals surface area contributed by atoms with Crippen molar-refractivity contribution in [1.29, 1.82) is 0 Å². The number of hydrogen-bond acceptors (Lipinski definition) is 1. The third-order valence-corrected chi connectivity index (χ3v) is 1.42. The zero-order valence-electron chi connectivity index (χ0n) is 8.19. The molecule has 0 heterocycles. The third-order valence-electron chi connectivity index (χ3n) is 1.42. The predicted octanol–water partition coefficient (Wildman–Crippen LogP) is 0.733. The first-order chi connectivity index (χ1) is 4.77. The van der Waals surface area contributed by atoms with Gasteiger partial charge in [0, 0.05) is 5.54 Å². The normalized spacial score (nSPS) is 12.7. The molecule has 0 radical (unpaired) electrons. The molecule has 0 fully saturated rings.